The number of nitrogens with zero attached hydrogens (tertiary/aromatic N) is 8. The summed E-state index contributed by atoms with van der Waals surface area (Å²) in [4.78, 5) is 39.1. The van der Waals surface area contributed by atoms with E-state index in [2.05, 4.69) is 55.8 Å². The average Bonchev–Trinajstić information content (AvgIpc) is 3.33. The van der Waals surface area contributed by atoms with Gasteiger partial charge in [-0.2, -0.15) is 0 Å². The topological polar surface area (TPSA) is 140 Å². The van der Waals surface area contributed by atoms with E-state index in [4.69, 9.17) is 25.4 Å². The maximum Gasteiger partial charge on any atom is 0.243 e. The number of nitrogen functional groups attached to an aromatic ring is 1. The smallest absolute Gasteiger partial charge is 0.243 e. The zero-order chi connectivity index (χ0) is 28.1. The van der Waals surface area contributed by atoms with Crippen LogP contribution in [0.1, 0.15) is 23.9 Å². The summed E-state index contributed by atoms with van der Waals surface area (Å²) in [6.45, 7) is 6.90. The van der Waals surface area contributed by atoms with Crippen molar-refractivity contribution in [3.8, 4) is 11.4 Å². The van der Waals surface area contributed by atoms with Crippen LogP contribution in [0, 0.1) is 0 Å². The molecule has 3 aromatic heterocycles. The number of ether oxygens (including phenoxy) is 1. The number of carbonyl (C=O) groups is 1. The Morgan fingerprint density at radius 1 is 1.10 bits per heavy atom. The minimum Gasteiger partial charge on any atom is -0.378 e. The normalized spacial score (nSPS) is 13.9. The average molecular weight is 543 g/mol. The predicted molar refractivity (Wildman–Crippen MR) is 154 cm³/mol. The Morgan fingerprint density at radius 3 is 2.50 bits per heavy atom. The van der Waals surface area contributed by atoms with Crippen LogP contribution in [0.5, 0.6) is 0 Å². The molecule has 1 saturated heterocycles. The van der Waals surface area contributed by atoms with Crippen LogP contribution in [0.3, 0.4) is 0 Å². The monoisotopic (exact) mass is 542 g/mol. The van der Waals surface area contributed by atoms with Gasteiger partial charge in [0.05, 0.1) is 25.3 Å². The number of fused-ring (bicyclic) bond motifs is 1. The molecule has 1 aliphatic rings. The van der Waals surface area contributed by atoms with Crippen molar-refractivity contribution in [1.29, 1.82) is 0 Å². The number of aromatic nitrogens is 6. The summed E-state index contributed by atoms with van der Waals surface area (Å²) in [5.74, 6) is 2.32. The van der Waals surface area contributed by atoms with Crippen molar-refractivity contribution in [2.24, 2.45) is 0 Å². The number of imidazole rings is 1. The molecule has 208 valence electrons. The second-order valence-electron chi connectivity index (χ2n) is 9.61. The quantitative estimate of drug-likeness (QED) is 0.302. The molecule has 0 unspecified atom stereocenters. The fraction of sp³-hybridized carbons (Fsp3) is 0.357. The van der Waals surface area contributed by atoms with Gasteiger partial charge in [0.25, 0.3) is 0 Å². The summed E-state index contributed by atoms with van der Waals surface area (Å²) in [6.07, 6.45) is 6.62. The molecule has 12 nitrogen and oxygen atoms in total. The first-order valence-corrected chi connectivity index (χ1v) is 13.3. The van der Waals surface area contributed by atoms with Crippen molar-refractivity contribution in [3.63, 3.8) is 0 Å². The van der Waals surface area contributed by atoms with Crippen LogP contribution in [0.2, 0.25) is 0 Å². The Balaban J connectivity index is 1.43. The molecule has 1 fully saturated rings. The summed E-state index contributed by atoms with van der Waals surface area (Å²) in [6, 6.07) is 8.17. The van der Waals surface area contributed by atoms with Crippen LogP contribution in [-0.2, 0) is 29.2 Å². The molecule has 0 saturated carbocycles. The summed E-state index contributed by atoms with van der Waals surface area (Å²) in [5.41, 5.74) is 10.1. The van der Waals surface area contributed by atoms with Gasteiger partial charge in [-0.25, -0.2) is 24.9 Å². The second-order valence-corrected chi connectivity index (χ2v) is 9.61. The van der Waals surface area contributed by atoms with Crippen molar-refractivity contribution in [3.05, 3.63) is 59.7 Å². The zero-order valence-electron chi connectivity index (χ0n) is 23.0. The molecule has 5 rings (SSSR count). The van der Waals surface area contributed by atoms with Crippen LogP contribution in [0.15, 0.2) is 42.7 Å². The molecule has 1 aromatic carbocycles. The van der Waals surface area contributed by atoms with Gasteiger partial charge in [0, 0.05) is 51.7 Å². The molecule has 0 spiro atoms. The number of carbonyl (C=O) groups excluding carboxylic acids is 1. The van der Waals surface area contributed by atoms with Crippen molar-refractivity contribution in [2.75, 3.05) is 51.0 Å². The number of morpholine rings is 1. The fourth-order valence-electron chi connectivity index (χ4n) is 4.66. The van der Waals surface area contributed by atoms with Gasteiger partial charge < -0.3 is 25.3 Å². The van der Waals surface area contributed by atoms with E-state index in [0.717, 1.165) is 53.6 Å². The molecule has 0 atom stereocenters. The van der Waals surface area contributed by atoms with Gasteiger partial charge in [-0.1, -0.05) is 24.3 Å². The lowest BCUT2D eigenvalue weighted by molar-refractivity contribution is -0.115. The van der Waals surface area contributed by atoms with Crippen LogP contribution in [0.4, 0.5) is 11.8 Å². The molecule has 0 radical (unpaired) electrons. The highest BCUT2D eigenvalue weighted by atomic mass is 16.5. The van der Waals surface area contributed by atoms with E-state index >= 15 is 0 Å². The largest absolute Gasteiger partial charge is 0.378 e. The van der Waals surface area contributed by atoms with Crippen LogP contribution in [-0.4, -0.2) is 80.7 Å². The van der Waals surface area contributed by atoms with E-state index in [1.54, 1.807) is 25.5 Å². The second kappa shape index (κ2) is 12.2. The number of hydrogen-bond acceptors (Lipinski definition) is 10. The minimum atomic E-state index is -0.127. The third kappa shape index (κ3) is 6.08. The van der Waals surface area contributed by atoms with Crippen LogP contribution >= 0.6 is 0 Å². The SMILES string of the molecule is CCn1c(CN(C)Cc2ccc(/C=C/C(=O)NC)cc2)nc2c(N3CCOCC3)nc(-c3cnc(N)nc3)nc21. The highest BCUT2D eigenvalue weighted by Crippen LogP contribution is 2.29. The lowest BCUT2D eigenvalue weighted by atomic mass is 10.1. The highest BCUT2D eigenvalue weighted by molar-refractivity contribution is 5.91. The van der Waals surface area contributed by atoms with E-state index in [-0.39, 0.29) is 11.9 Å². The number of nitrogens with one attached hydrogen (secondary N) is 1. The molecular formula is C28H34N10O2. The number of hydrogen-bond donors (Lipinski definition) is 2. The summed E-state index contributed by atoms with van der Waals surface area (Å²) < 4.78 is 7.73. The number of aryl methyl sites for hydroxylation is 1. The van der Waals surface area contributed by atoms with E-state index in [0.29, 0.717) is 37.7 Å². The fourth-order valence-corrected chi connectivity index (χ4v) is 4.66. The molecule has 3 N–H and O–H groups in total. The summed E-state index contributed by atoms with van der Waals surface area (Å²) in [5, 5.41) is 2.58. The highest BCUT2D eigenvalue weighted by Gasteiger charge is 2.23. The molecule has 0 aliphatic carbocycles. The molecular weight excluding hydrogens is 508 g/mol. The third-order valence-electron chi connectivity index (χ3n) is 6.73. The van der Waals surface area contributed by atoms with Gasteiger partial charge in [-0.05, 0) is 31.2 Å². The van der Waals surface area contributed by atoms with Gasteiger partial charge in [0.2, 0.25) is 11.9 Å². The first kappa shape index (κ1) is 27.2. The van der Waals surface area contributed by atoms with E-state index in [1.165, 1.54) is 6.08 Å². The summed E-state index contributed by atoms with van der Waals surface area (Å²) >= 11 is 0. The number of anilines is 2. The van der Waals surface area contributed by atoms with E-state index in [1.807, 2.05) is 12.1 Å². The van der Waals surface area contributed by atoms with Gasteiger partial charge in [-0.15, -0.1) is 0 Å². The molecule has 4 heterocycles. The van der Waals surface area contributed by atoms with Crippen molar-refractivity contribution in [2.45, 2.75) is 26.6 Å². The zero-order valence-corrected chi connectivity index (χ0v) is 23.0. The standard InChI is InChI=1S/C28H34N10O2/c1-4-38-22(18-36(3)17-20-7-5-19(6-8-20)9-10-23(39)30-2)33-24-26(37-11-13-40-14-12-37)34-25(35-27(24)38)21-15-31-28(29)32-16-21/h5-10,15-16H,4,11-14,17-18H2,1-3H3,(H,30,39)(H2,29,31,32)/b10-9+. The molecule has 12 heteroatoms. The number of rotatable bonds is 9. The molecule has 40 heavy (non-hydrogen) atoms. The Morgan fingerprint density at radius 2 is 1.82 bits per heavy atom. The van der Waals surface area contributed by atoms with Crippen LogP contribution in [0.25, 0.3) is 28.6 Å². The van der Waals surface area contributed by atoms with Gasteiger partial charge in [0.15, 0.2) is 22.8 Å². The Hall–Kier alpha value is -4.42. The van der Waals surface area contributed by atoms with Crippen molar-refractivity contribution >= 4 is 34.9 Å². The summed E-state index contributed by atoms with van der Waals surface area (Å²) in [7, 11) is 3.69. The van der Waals surface area contributed by atoms with Gasteiger partial charge in [0.1, 0.15) is 5.82 Å². The lowest BCUT2D eigenvalue weighted by Crippen LogP contribution is -2.37. The molecule has 1 amide bonds. The van der Waals surface area contributed by atoms with E-state index < -0.39 is 0 Å². The first-order valence-electron chi connectivity index (χ1n) is 13.3. The van der Waals surface area contributed by atoms with Crippen molar-refractivity contribution < 1.29 is 9.53 Å². The van der Waals surface area contributed by atoms with E-state index in [9.17, 15) is 4.79 Å². The Bertz CT molecular complexity index is 1490. The van der Waals surface area contributed by atoms with Gasteiger partial charge >= 0.3 is 0 Å². The third-order valence-corrected chi connectivity index (χ3v) is 6.73. The maximum atomic E-state index is 11.5. The van der Waals surface area contributed by atoms with Gasteiger partial charge in [-0.3, -0.25) is 9.69 Å². The predicted octanol–water partition coefficient (Wildman–Crippen LogP) is 2.11. The van der Waals surface area contributed by atoms with Crippen LogP contribution < -0.4 is 16.0 Å². The number of amides is 1. The number of benzene rings is 1. The minimum absolute atomic E-state index is 0.127. The van der Waals surface area contributed by atoms with Crippen molar-refractivity contribution in [1.82, 2.24) is 39.7 Å². The molecule has 0 bridgehead atoms. The Kier molecular flexibility index (Phi) is 8.27. The lowest BCUT2D eigenvalue weighted by Gasteiger charge is -2.28. The maximum absolute atomic E-state index is 11.5. The Labute approximate surface area is 232 Å². The molecule has 1 aliphatic heterocycles. The number of nitrogens with two attached hydrogens (primary N) is 1. The number of likely N-dealkylation sites (N-methyl/N-ethyl adjacent to an activating group) is 1. The first-order chi connectivity index (χ1) is 19.4. The molecule has 4 aromatic rings.